The molecule has 12 heteroatoms. The summed E-state index contributed by atoms with van der Waals surface area (Å²) in [6.07, 6.45) is 3.13. The molecule has 4 rings (SSSR count). The summed E-state index contributed by atoms with van der Waals surface area (Å²) < 4.78 is 10.7. The molecule has 2 aromatic heterocycles. The van der Waals surface area contributed by atoms with Crippen molar-refractivity contribution >= 4 is 39.3 Å². The highest BCUT2D eigenvalue weighted by Crippen LogP contribution is 2.24. The lowest BCUT2D eigenvalue weighted by molar-refractivity contribution is -0.127. The molecule has 2 saturated heterocycles. The smallest absolute Gasteiger partial charge is 0.394 e. The summed E-state index contributed by atoms with van der Waals surface area (Å²) in [5.41, 5.74) is 1.69. The molecule has 2 fully saturated rings. The molecule has 0 aliphatic carbocycles. The van der Waals surface area contributed by atoms with Crippen LogP contribution in [0.3, 0.4) is 0 Å². The van der Waals surface area contributed by atoms with Gasteiger partial charge in [0.15, 0.2) is 11.6 Å². The molecule has 3 N–H and O–H groups in total. The highest BCUT2D eigenvalue weighted by atomic mass is 32.1. The van der Waals surface area contributed by atoms with Gasteiger partial charge in [-0.3, -0.25) is 9.59 Å². The van der Waals surface area contributed by atoms with Gasteiger partial charge < -0.3 is 29.8 Å². The maximum Gasteiger partial charge on any atom is 0.442 e. The monoisotopic (exact) mass is 451 g/mol. The zero-order valence-electron chi connectivity index (χ0n) is 16.9. The van der Waals surface area contributed by atoms with Gasteiger partial charge in [-0.15, -0.1) is 11.3 Å². The highest BCUT2D eigenvalue weighted by Gasteiger charge is 2.38. The predicted molar refractivity (Wildman–Crippen MR) is 112 cm³/mol. The quantitative estimate of drug-likeness (QED) is 0.491. The molecule has 1 amide bonds. The molecule has 4 heterocycles. The number of rotatable bonds is 8. The zero-order valence-corrected chi connectivity index (χ0v) is 17.7. The number of Topliss-reactive ketones (excluding diaryl/α,β-unsaturated/α-hetero) is 1. The Kier molecular flexibility index (Phi) is 6.90. The Labute approximate surface area is 181 Å². The lowest BCUT2D eigenvalue weighted by Gasteiger charge is -2.29. The first-order valence-electron chi connectivity index (χ1n) is 10.3. The average Bonchev–Trinajstić information content (AvgIpc) is 3.38. The van der Waals surface area contributed by atoms with Gasteiger partial charge >= 0.3 is 5.76 Å². The van der Waals surface area contributed by atoms with Gasteiger partial charge in [-0.1, -0.05) is 6.42 Å². The first-order valence-corrected chi connectivity index (χ1v) is 11.2. The first-order chi connectivity index (χ1) is 15.0. The number of anilines is 1. The van der Waals surface area contributed by atoms with Crippen LogP contribution >= 0.6 is 11.3 Å². The average molecular weight is 452 g/mol. The predicted octanol–water partition coefficient (Wildman–Crippen LogP) is -0.254. The maximum absolute atomic E-state index is 13.1. The van der Waals surface area contributed by atoms with Crippen LogP contribution in [0.5, 0.6) is 0 Å². The van der Waals surface area contributed by atoms with Gasteiger partial charge in [-0.2, -0.15) is 4.98 Å². The third-order valence-corrected chi connectivity index (χ3v) is 6.40. The number of aromatic nitrogens is 2. The van der Waals surface area contributed by atoms with Crippen molar-refractivity contribution in [3.05, 3.63) is 16.1 Å². The Morgan fingerprint density at radius 2 is 2.13 bits per heavy atom. The fourth-order valence-corrected chi connectivity index (χ4v) is 4.57. The van der Waals surface area contributed by atoms with Gasteiger partial charge in [0.25, 0.3) is 0 Å². The molecule has 0 spiro atoms. The second kappa shape index (κ2) is 9.81. The summed E-state index contributed by atoms with van der Waals surface area (Å²) in [4.78, 5) is 47.2. The summed E-state index contributed by atoms with van der Waals surface area (Å²) >= 11 is 1.24. The van der Waals surface area contributed by atoms with E-state index in [1.807, 2.05) is 0 Å². The summed E-state index contributed by atoms with van der Waals surface area (Å²) in [6.45, 7) is 2.11. The number of hydrogen-bond acceptors (Lipinski definition) is 11. The second-order valence-corrected chi connectivity index (χ2v) is 8.54. The number of aliphatic hydroxyl groups is 1. The number of nitrogens with zero attached hydrogens (tertiary/aromatic N) is 3. The van der Waals surface area contributed by atoms with Crippen molar-refractivity contribution in [1.29, 1.82) is 0 Å². The highest BCUT2D eigenvalue weighted by molar-refractivity contribution is 7.17. The number of carbonyl (C=O) groups excluding carboxylic acids is 2. The Balaban J connectivity index is 1.52. The van der Waals surface area contributed by atoms with Crippen LogP contribution in [-0.4, -0.2) is 82.7 Å². The molecule has 2 aliphatic heterocycles. The van der Waals surface area contributed by atoms with Crippen molar-refractivity contribution in [3.63, 3.8) is 0 Å². The number of fused-ring (bicyclic) bond motifs is 1. The molecule has 2 aliphatic rings. The van der Waals surface area contributed by atoms with Crippen molar-refractivity contribution in [2.45, 2.75) is 43.9 Å². The minimum absolute atomic E-state index is 0.148. The number of thiazole rings is 1. The van der Waals surface area contributed by atoms with E-state index in [4.69, 9.17) is 9.15 Å². The number of aliphatic hydroxyl groups excluding tert-OH is 1. The van der Waals surface area contributed by atoms with E-state index in [9.17, 15) is 19.5 Å². The van der Waals surface area contributed by atoms with E-state index in [0.29, 0.717) is 17.7 Å². The molecule has 3 unspecified atom stereocenters. The van der Waals surface area contributed by atoms with Gasteiger partial charge in [0.2, 0.25) is 11.6 Å². The summed E-state index contributed by atoms with van der Waals surface area (Å²) in [5, 5.41) is 15.2. The van der Waals surface area contributed by atoms with Crippen LogP contribution in [0, 0.1) is 0 Å². The third kappa shape index (κ3) is 5.09. The molecule has 0 aromatic carbocycles. The second-order valence-electron chi connectivity index (χ2n) is 7.69. The number of likely N-dealkylation sites (tertiary alicyclic amines) is 1. The third-order valence-electron chi connectivity index (χ3n) is 5.58. The molecule has 168 valence electrons. The van der Waals surface area contributed by atoms with Crippen LogP contribution in [0.2, 0.25) is 0 Å². The van der Waals surface area contributed by atoms with E-state index in [-0.39, 0.29) is 30.5 Å². The number of amides is 1. The molecule has 31 heavy (non-hydrogen) atoms. The van der Waals surface area contributed by atoms with Gasteiger partial charge in [-0.25, -0.2) is 9.78 Å². The van der Waals surface area contributed by atoms with Gasteiger partial charge in [0.1, 0.15) is 29.5 Å². The molecule has 0 radical (unpaired) electrons. The lowest BCUT2D eigenvalue weighted by Crippen LogP contribution is -2.52. The number of carbonyl (C=O) groups is 2. The first kappa shape index (κ1) is 21.8. The lowest BCUT2D eigenvalue weighted by atomic mass is 10.1. The maximum atomic E-state index is 13.1. The van der Waals surface area contributed by atoms with Crippen molar-refractivity contribution in [2.75, 3.05) is 38.2 Å². The largest absolute Gasteiger partial charge is 0.442 e. The molecular weight excluding hydrogens is 426 g/mol. The van der Waals surface area contributed by atoms with Gasteiger partial charge in [0, 0.05) is 6.54 Å². The summed E-state index contributed by atoms with van der Waals surface area (Å²) in [5.74, 6) is -1.30. The zero-order chi connectivity index (χ0) is 21.8. The van der Waals surface area contributed by atoms with Crippen LogP contribution in [0.4, 0.5) is 5.82 Å². The fraction of sp³-hybridized carbons (Fsp3) is 0.632. The number of hydrogen-bond donors (Lipinski definition) is 3. The van der Waals surface area contributed by atoms with Crippen molar-refractivity contribution in [1.82, 2.24) is 20.2 Å². The summed E-state index contributed by atoms with van der Waals surface area (Å²) in [6, 6.07) is -1.66. The summed E-state index contributed by atoms with van der Waals surface area (Å²) in [7, 11) is 0. The minimum atomic E-state index is -0.908. The minimum Gasteiger partial charge on any atom is -0.394 e. The van der Waals surface area contributed by atoms with Crippen molar-refractivity contribution in [3.8, 4) is 0 Å². The fourth-order valence-electron chi connectivity index (χ4n) is 3.91. The molecule has 11 nitrogen and oxygen atoms in total. The molecule has 3 atom stereocenters. The molecule has 0 bridgehead atoms. The number of piperidine rings is 1. The van der Waals surface area contributed by atoms with E-state index < -0.39 is 29.9 Å². The van der Waals surface area contributed by atoms with E-state index in [0.717, 1.165) is 25.9 Å². The number of ether oxygens (including phenoxy) is 1. The van der Waals surface area contributed by atoms with Crippen LogP contribution in [0.15, 0.2) is 14.7 Å². The SMILES string of the molecule is O=C(NC1C(=O)COC1CO)C(CCN1CCCCC1)Nc1nc(=O)oc2ncsc12. The topological polar surface area (TPSA) is 147 Å². The molecule has 0 saturated carbocycles. The van der Waals surface area contributed by atoms with E-state index in [1.165, 1.54) is 23.3 Å². The van der Waals surface area contributed by atoms with Crippen molar-refractivity contribution in [2.24, 2.45) is 0 Å². The molecular formula is C19H25N5O6S. The normalized spacial score (nSPS) is 23.2. The van der Waals surface area contributed by atoms with Gasteiger partial charge in [0.05, 0.1) is 12.1 Å². The van der Waals surface area contributed by atoms with Crippen LogP contribution < -0.4 is 16.4 Å². The molecule has 2 aromatic rings. The Hall–Kier alpha value is -2.41. The Morgan fingerprint density at radius 1 is 1.32 bits per heavy atom. The van der Waals surface area contributed by atoms with Crippen LogP contribution in [0.25, 0.3) is 10.4 Å². The van der Waals surface area contributed by atoms with E-state index >= 15 is 0 Å². The van der Waals surface area contributed by atoms with Crippen LogP contribution in [0.1, 0.15) is 25.7 Å². The Morgan fingerprint density at radius 3 is 2.90 bits per heavy atom. The Bertz CT molecular complexity index is 988. The van der Waals surface area contributed by atoms with E-state index in [1.54, 1.807) is 0 Å². The van der Waals surface area contributed by atoms with Gasteiger partial charge in [-0.05, 0) is 32.4 Å². The number of nitrogens with one attached hydrogen (secondary N) is 2. The van der Waals surface area contributed by atoms with Crippen LogP contribution in [-0.2, 0) is 14.3 Å². The van der Waals surface area contributed by atoms with Crippen molar-refractivity contribution < 1.29 is 23.8 Å². The van der Waals surface area contributed by atoms with E-state index in [2.05, 4.69) is 25.5 Å². The standard InChI is InChI=1S/C19H25N5O6S/c25-8-13-14(12(26)9-29-13)22-17(27)11(4-7-24-5-2-1-3-6-24)21-16-15-18(20-10-31-15)30-19(28)23-16/h10-11,13-14,25H,1-9H2,(H,22,27)(H,21,23,28). The number of ketones is 1.